The number of aromatic nitrogens is 1. The van der Waals surface area contributed by atoms with Gasteiger partial charge in [0.25, 0.3) is 5.91 Å². The molecule has 1 fully saturated rings. The van der Waals surface area contributed by atoms with Gasteiger partial charge >= 0.3 is 0 Å². The quantitative estimate of drug-likeness (QED) is 0.740. The van der Waals surface area contributed by atoms with E-state index in [0.717, 1.165) is 49.8 Å². The van der Waals surface area contributed by atoms with Gasteiger partial charge in [-0.3, -0.25) is 9.78 Å². The zero-order valence-electron chi connectivity index (χ0n) is 17.3. The number of carbonyl (C=O) groups excluding carboxylic acids is 1. The lowest BCUT2D eigenvalue weighted by Crippen LogP contribution is -2.32. The molecule has 1 aromatic carbocycles. The Kier molecular flexibility index (Phi) is 6.90. The second-order valence-corrected chi connectivity index (χ2v) is 7.88. The SMILES string of the molecule is CCCCN(C)C(=O)c1cncc(Nc2ccc(N3CCC(C)CC3)cc2)c1. The third-order valence-electron chi connectivity index (χ3n) is 5.48. The number of pyridine rings is 1. The first-order chi connectivity index (χ1) is 13.6. The molecule has 0 bridgehead atoms. The topological polar surface area (TPSA) is 48.5 Å². The van der Waals surface area contributed by atoms with E-state index < -0.39 is 0 Å². The standard InChI is InChI=1S/C23H32N4O/c1-4-5-12-26(3)23(28)19-15-21(17-24-16-19)25-20-6-8-22(9-7-20)27-13-10-18(2)11-14-27/h6-9,15-18,25H,4-5,10-14H2,1-3H3. The van der Waals surface area contributed by atoms with E-state index in [0.29, 0.717) is 5.56 Å². The van der Waals surface area contributed by atoms with E-state index in [1.807, 2.05) is 13.1 Å². The van der Waals surface area contributed by atoms with Gasteiger partial charge in [0.1, 0.15) is 0 Å². The first kappa shape index (κ1) is 20.2. The van der Waals surface area contributed by atoms with Crippen molar-refractivity contribution in [3.05, 3.63) is 48.3 Å². The highest BCUT2D eigenvalue weighted by atomic mass is 16.2. The Bertz CT molecular complexity index is 766. The van der Waals surface area contributed by atoms with Gasteiger partial charge in [0.15, 0.2) is 0 Å². The molecule has 0 spiro atoms. The van der Waals surface area contributed by atoms with E-state index in [2.05, 4.69) is 53.3 Å². The Morgan fingerprint density at radius 1 is 1.18 bits per heavy atom. The molecule has 1 N–H and O–H groups in total. The number of benzene rings is 1. The van der Waals surface area contributed by atoms with Crippen LogP contribution in [0.1, 0.15) is 49.9 Å². The third-order valence-corrected chi connectivity index (χ3v) is 5.48. The minimum absolute atomic E-state index is 0.0132. The molecule has 150 valence electrons. The van der Waals surface area contributed by atoms with Crippen molar-refractivity contribution in [1.82, 2.24) is 9.88 Å². The van der Waals surface area contributed by atoms with Gasteiger partial charge in [0.2, 0.25) is 0 Å². The smallest absolute Gasteiger partial charge is 0.255 e. The van der Waals surface area contributed by atoms with Crippen LogP contribution in [-0.4, -0.2) is 42.5 Å². The van der Waals surface area contributed by atoms with Crippen molar-refractivity contribution in [2.75, 3.05) is 36.9 Å². The van der Waals surface area contributed by atoms with Crippen LogP contribution in [0.25, 0.3) is 0 Å². The number of unbranched alkanes of at least 4 members (excludes halogenated alkanes) is 1. The number of hydrogen-bond donors (Lipinski definition) is 1. The van der Waals surface area contributed by atoms with Crippen molar-refractivity contribution in [2.45, 2.75) is 39.5 Å². The van der Waals surface area contributed by atoms with Crippen LogP contribution in [0.3, 0.4) is 0 Å². The Balaban J connectivity index is 1.63. The van der Waals surface area contributed by atoms with Crippen LogP contribution < -0.4 is 10.2 Å². The lowest BCUT2D eigenvalue weighted by atomic mass is 9.99. The maximum Gasteiger partial charge on any atom is 0.255 e. The lowest BCUT2D eigenvalue weighted by molar-refractivity contribution is 0.0793. The van der Waals surface area contributed by atoms with Gasteiger partial charge in [0.05, 0.1) is 17.4 Å². The molecule has 1 aromatic heterocycles. The summed E-state index contributed by atoms with van der Waals surface area (Å²) in [6.45, 7) is 7.49. The molecule has 2 aromatic rings. The molecule has 1 saturated heterocycles. The molecule has 28 heavy (non-hydrogen) atoms. The van der Waals surface area contributed by atoms with E-state index in [1.165, 1.54) is 18.5 Å². The zero-order chi connectivity index (χ0) is 19.9. The molecule has 1 aliphatic heterocycles. The molecule has 5 heteroatoms. The number of amides is 1. The number of hydrogen-bond acceptors (Lipinski definition) is 4. The minimum atomic E-state index is 0.0132. The van der Waals surface area contributed by atoms with Crippen LogP contribution >= 0.6 is 0 Å². The molecular weight excluding hydrogens is 348 g/mol. The van der Waals surface area contributed by atoms with Crippen molar-refractivity contribution in [1.29, 1.82) is 0 Å². The van der Waals surface area contributed by atoms with Crippen LogP contribution in [0.4, 0.5) is 17.1 Å². The molecule has 2 heterocycles. The Labute approximate surface area is 168 Å². The second kappa shape index (κ2) is 9.58. The summed E-state index contributed by atoms with van der Waals surface area (Å²) in [4.78, 5) is 21.0. The first-order valence-corrected chi connectivity index (χ1v) is 10.4. The molecule has 3 rings (SSSR count). The van der Waals surface area contributed by atoms with Crippen molar-refractivity contribution in [3.63, 3.8) is 0 Å². The Hall–Kier alpha value is -2.56. The summed E-state index contributed by atoms with van der Waals surface area (Å²) >= 11 is 0. The average molecular weight is 381 g/mol. The summed E-state index contributed by atoms with van der Waals surface area (Å²) in [7, 11) is 1.85. The molecule has 1 aliphatic rings. The number of nitrogens with one attached hydrogen (secondary N) is 1. The average Bonchev–Trinajstić information content (AvgIpc) is 2.73. The molecule has 1 amide bonds. The maximum atomic E-state index is 12.6. The van der Waals surface area contributed by atoms with Gasteiger partial charge in [0, 0.05) is 44.3 Å². The zero-order valence-corrected chi connectivity index (χ0v) is 17.3. The highest BCUT2D eigenvalue weighted by Gasteiger charge is 2.16. The van der Waals surface area contributed by atoms with Crippen molar-refractivity contribution < 1.29 is 4.79 Å². The number of rotatable bonds is 7. The normalized spacial score (nSPS) is 14.8. The summed E-state index contributed by atoms with van der Waals surface area (Å²) in [5, 5.41) is 3.37. The van der Waals surface area contributed by atoms with Crippen LogP contribution in [0.15, 0.2) is 42.7 Å². The number of carbonyl (C=O) groups is 1. The molecular formula is C23H32N4O. The maximum absolute atomic E-state index is 12.6. The van der Waals surface area contributed by atoms with Crippen molar-refractivity contribution >= 4 is 23.0 Å². The fourth-order valence-electron chi connectivity index (χ4n) is 3.53. The van der Waals surface area contributed by atoms with Gasteiger partial charge in [-0.1, -0.05) is 20.3 Å². The highest BCUT2D eigenvalue weighted by Crippen LogP contribution is 2.25. The first-order valence-electron chi connectivity index (χ1n) is 10.4. The number of nitrogens with zero attached hydrogens (tertiary/aromatic N) is 3. The van der Waals surface area contributed by atoms with Crippen LogP contribution in [0.5, 0.6) is 0 Å². The van der Waals surface area contributed by atoms with Gasteiger partial charge in [-0.25, -0.2) is 0 Å². The van der Waals surface area contributed by atoms with Crippen LogP contribution in [0.2, 0.25) is 0 Å². The summed E-state index contributed by atoms with van der Waals surface area (Å²) in [6, 6.07) is 10.4. The monoisotopic (exact) mass is 380 g/mol. The summed E-state index contributed by atoms with van der Waals surface area (Å²) in [6.07, 6.45) is 8.00. The Morgan fingerprint density at radius 2 is 1.89 bits per heavy atom. The lowest BCUT2D eigenvalue weighted by Gasteiger charge is -2.32. The minimum Gasteiger partial charge on any atom is -0.372 e. The van der Waals surface area contributed by atoms with Crippen LogP contribution in [-0.2, 0) is 0 Å². The van der Waals surface area contributed by atoms with Crippen molar-refractivity contribution in [2.24, 2.45) is 5.92 Å². The molecule has 0 unspecified atom stereocenters. The molecule has 0 saturated carbocycles. The number of anilines is 3. The fourth-order valence-corrected chi connectivity index (χ4v) is 3.53. The van der Waals surface area contributed by atoms with E-state index in [1.54, 1.807) is 17.3 Å². The molecule has 0 radical (unpaired) electrons. The van der Waals surface area contributed by atoms with E-state index >= 15 is 0 Å². The molecule has 0 aliphatic carbocycles. The predicted molar refractivity (Wildman–Crippen MR) is 116 cm³/mol. The highest BCUT2D eigenvalue weighted by molar-refractivity contribution is 5.94. The summed E-state index contributed by atoms with van der Waals surface area (Å²) in [5.41, 5.74) is 3.72. The van der Waals surface area contributed by atoms with Gasteiger partial charge < -0.3 is 15.1 Å². The van der Waals surface area contributed by atoms with E-state index in [4.69, 9.17) is 0 Å². The second-order valence-electron chi connectivity index (χ2n) is 7.88. The van der Waals surface area contributed by atoms with E-state index in [9.17, 15) is 4.79 Å². The summed E-state index contributed by atoms with van der Waals surface area (Å²) < 4.78 is 0. The largest absolute Gasteiger partial charge is 0.372 e. The summed E-state index contributed by atoms with van der Waals surface area (Å²) in [5.74, 6) is 0.847. The van der Waals surface area contributed by atoms with E-state index in [-0.39, 0.29) is 5.91 Å². The number of piperidine rings is 1. The van der Waals surface area contributed by atoms with Crippen molar-refractivity contribution in [3.8, 4) is 0 Å². The third kappa shape index (κ3) is 5.24. The van der Waals surface area contributed by atoms with Crippen LogP contribution in [0, 0.1) is 5.92 Å². The molecule has 0 atom stereocenters. The molecule has 5 nitrogen and oxygen atoms in total. The van der Waals surface area contributed by atoms with Gasteiger partial charge in [-0.05, 0) is 55.5 Å². The van der Waals surface area contributed by atoms with Gasteiger partial charge in [-0.15, -0.1) is 0 Å². The predicted octanol–water partition coefficient (Wildman–Crippen LogP) is 4.93. The van der Waals surface area contributed by atoms with Gasteiger partial charge in [-0.2, -0.15) is 0 Å². The Morgan fingerprint density at radius 3 is 2.57 bits per heavy atom. The fraction of sp³-hybridized carbons (Fsp3) is 0.478.